The zero-order valence-corrected chi connectivity index (χ0v) is 10.8. The number of aryl methyl sites for hydroxylation is 2. The summed E-state index contributed by atoms with van der Waals surface area (Å²) in [5, 5.41) is 3.55. The maximum Gasteiger partial charge on any atom is 0.249 e. The summed E-state index contributed by atoms with van der Waals surface area (Å²) in [6.45, 7) is 3.76. The molecule has 0 unspecified atom stereocenters. The van der Waals surface area contributed by atoms with Gasteiger partial charge in [-0.15, -0.1) is 0 Å². The first-order valence-electron chi connectivity index (χ1n) is 5.05. The topological polar surface area (TPSA) is 63.2 Å². The van der Waals surface area contributed by atoms with E-state index < -0.39 is 15.7 Å². The molecule has 0 aliphatic heterocycles. The van der Waals surface area contributed by atoms with Crippen molar-refractivity contribution < 1.29 is 13.2 Å². The van der Waals surface area contributed by atoms with Crippen LogP contribution in [0.25, 0.3) is 0 Å². The van der Waals surface area contributed by atoms with E-state index in [1.165, 1.54) is 0 Å². The van der Waals surface area contributed by atoms with Gasteiger partial charge in [0, 0.05) is 23.4 Å². The van der Waals surface area contributed by atoms with Crippen molar-refractivity contribution in [2.45, 2.75) is 13.8 Å². The lowest BCUT2D eigenvalue weighted by molar-refractivity contribution is -0.111. The first kappa shape index (κ1) is 13.4. The van der Waals surface area contributed by atoms with E-state index in [9.17, 15) is 13.2 Å². The normalized spacial score (nSPS) is 11.7. The van der Waals surface area contributed by atoms with E-state index in [0.717, 1.165) is 34.6 Å². The summed E-state index contributed by atoms with van der Waals surface area (Å²) in [5.74, 6) is -0.451. The second kappa shape index (κ2) is 5.14. The Labute approximate surface area is 101 Å². The summed E-state index contributed by atoms with van der Waals surface area (Å²) >= 11 is 0. The Morgan fingerprint density at radius 1 is 1.24 bits per heavy atom. The van der Waals surface area contributed by atoms with Gasteiger partial charge in [0.25, 0.3) is 0 Å². The van der Waals surface area contributed by atoms with Gasteiger partial charge >= 0.3 is 0 Å². The average Bonchev–Trinajstić information content (AvgIpc) is 2.20. The Balaban J connectivity index is 2.86. The quantitative estimate of drug-likeness (QED) is 0.835. The van der Waals surface area contributed by atoms with Crippen molar-refractivity contribution in [3.05, 3.63) is 40.8 Å². The molecule has 0 saturated heterocycles. The number of anilines is 1. The standard InChI is InChI=1S/C12H15NO3S/c1-9-5-4-6-10(2)12(9)13-11(14)7-8-17(3,15)16/h4-8H,1-3H3,(H,13,14). The van der Waals surface area contributed by atoms with E-state index in [1.54, 1.807) is 0 Å². The summed E-state index contributed by atoms with van der Waals surface area (Å²) in [6, 6.07) is 5.65. The molecule has 1 rings (SSSR count). The Morgan fingerprint density at radius 2 is 1.76 bits per heavy atom. The molecular weight excluding hydrogens is 238 g/mol. The zero-order valence-electron chi connectivity index (χ0n) is 10.0. The number of rotatable bonds is 3. The van der Waals surface area contributed by atoms with Crippen LogP contribution in [-0.4, -0.2) is 20.6 Å². The largest absolute Gasteiger partial charge is 0.322 e. The first-order chi connectivity index (χ1) is 7.79. The molecule has 0 bridgehead atoms. The maximum atomic E-state index is 11.5. The highest BCUT2D eigenvalue weighted by molar-refractivity contribution is 7.93. The molecular formula is C12H15NO3S. The minimum atomic E-state index is -3.27. The van der Waals surface area contributed by atoms with Gasteiger partial charge in [0.2, 0.25) is 5.91 Å². The highest BCUT2D eigenvalue weighted by Gasteiger charge is 2.05. The van der Waals surface area contributed by atoms with E-state index in [1.807, 2.05) is 32.0 Å². The van der Waals surface area contributed by atoms with Crippen LogP contribution in [0.3, 0.4) is 0 Å². The van der Waals surface area contributed by atoms with Gasteiger partial charge in [0.05, 0.1) is 0 Å². The fourth-order valence-electron chi connectivity index (χ4n) is 1.36. The van der Waals surface area contributed by atoms with Crippen LogP contribution in [0.4, 0.5) is 5.69 Å². The lowest BCUT2D eigenvalue weighted by Gasteiger charge is -2.09. The number of benzene rings is 1. The summed E-state index contributed by atoms with van der Waals surface area (Å²) < 4.78 is 21.7. The fraction of sp³-hybridized carbons (Fsp3) is 0.250. The van der Waals surface area contributed by atoms with E-state index in [0.29, 0.717) is 0 Å². The van der Waals surface area contributed by atoms with Gasteiger partial charge in [-0.05, 0) is 25.0 Å². The van der Waals surface area contributed by atoms with Crippen molar-refractivity contribution in [3.63, 3.8) is 0 Å². The van der Waals surface area contributed by atoms with Crippen LogP contribution in [0.2, 0.25) is 0 Å². The third kappa shape index (κ3) is 4.40. The van der Waals surface area contributed by atoms with Crippen molar-refractivity contribution in [2.75, 3.05) is 11.6 Å². The molecule has 0 saturated carbocycles. The number of carbonyl (C=O) groups excluding carboxylic acids is 1. The van der Waals surface area contributed by atoms with Gasteiger partial charge in [-0.25, -0.2) is 8.42 Å². The van der Waals surface area contributed by atoms with Gasteiger partial charge in [0.15, 0.2) is 9.84 Å². The molecule has 17 heavy (non-hydrogen) atoms. The maximum absolute atomic E-state index is 11.5. The predicted octanol–water partition coefficient (Wildman–Crippen LogP) is 1.80. The average molecular weight is 253 g/mol. The summed E-state index contributed by atoms with van der Waals surface area (Å²) in [5.41, 5.74) is 2.59. The first-order valence-corrected chi connectivity index (χ1v) is 7.00. The molecule has 0 fully saturated rings. The van der Waals surface area contributed by atoms with Crippen molar-refractivity contribution in [1.29, 1.82) is 0 Å². The highest BCUT2D eigenvalue weighted by atomic mass is 32.2. The fourth-order valence-corrected chi connectivity index (χ4v) is 1.73. The van der Waals surface area contributed by atoms with Crippen LogP contribution in [0.1, 0.15) is 11.1 Å². The molecule has 0 aromatic heterocycles. The molecule has 1 aromatic rings. The van der Waals surface area contributed by atoms with E-state index in [2.05, 4.69) is 5.32 Å². The second-order valence-electron chi connectivity index (χ2n) is 3.89. The van der Waals surface area contributed by atoms with Crippen LogP contribution in [0.5, 0.6) is 0 Å². The number of amides is 1. The van der Waals surface area contributed by atoms with Crippen molar-refractivity contribution in [3.8, 4) is 0 Å². The molecule has 0 spiro atoms. The summed E-state index contributed by atoms with van der Waals surface area (Å²) in [7, 11) is -3.27. The van der Waals surface area contributed by atoms with E-state index in [-0.39, 0.29) is 0 Å². The van der Waals surface area contributed by atoms with Crippen molar-refractivity contribution in [1.82, 2.24) is 0 Å². The van der Waals surface area contributed by atoms with Crippen LogP contribution in [-0.2, 0) is 14.6 Å². The molecule has 0 atom stereocenters. The van der Waals surface area contributed by atoms with Gasteiger partial charge in [-0.3, -0.25) is 4.79 Å². The molecule has 0 radical (unpaired) electrons. The third-order valence-corrected chi connectivity index (χ3v) is 2.83. The SMILES string of the molecule is Cc1cccc(C)c1NC(=O)C=CS(C)(=O)=O. The Morgan fingerprint density at radius 3 is 2.24 bits per heavy atom. The molecule has 5 heteroatoms. The predicted molar refractivity (Wildman–Crippen MR) is 68.5 cm³/mol. The molecule has 0 heterocycles. The van der Waals surface area contributed by atoms with Gasteiger partial charge < -0.3 is 5.32 Å². The zero-order chi connectivity index (χ0) is 13.1. The van der Waals surface area contributed by atoms with Gasteiger partial charge in [0.1, 0.15) is 0 Å². The monoisotopic (exact) mass is 253 g/mol. The molecule has 0 aliphatic rings. The van der Waals surface area contributed by atoms with Crippen LogP contribution in [0, 0.1) is 13.8 Å². The van der Waals surface area contributed by atoms with Crippen molar-refractivity contribution in [2.24, 2.45) is 0 Å². The van der Waals surface area contributed by atoms with Gasteiger partial charge in [-0.1, -0.05) is 18.2 Å². The molecule has 1 aromatic carbocycles. The molecule has 1 N–H and O–H groups in total. The third-order valence-electron chi connectivity index (χ3n) is 2.20. The number of sulfone groups is 1. The summed E-state index contributed by atoms with van der Waals surface area (Å²) in [4.78, 5) is 11.5. The minimum absolute atomic E-state index is 0.451. The highest BCUT2D eigenvalue weighted by Crippen LogP contribution is 2.19. The minimum Gasteiger partial charge on any atom is -0.322 e. The van der Waals surface area contributed by atoms with E-state index in [4.69, 9.17) is 0 Å². The Bertz CT molecular complexity index is 539. The van der Waals surface area contributed by atoms with Crippen LogP contribution >= 0.6 is 0 Å². The molecule has 0 aliphatic carbocycles. The Hall–Kier alpha value is -1.62. The van der Waals surface area contributed by atoms with Crippen LogP contribution in [0.15, 0.2) is 29.7 Å². The lowest BCUT2D eigenvalue weighted by atomic mass is 10.1. The number of hydrogen-bond donors (Lipinski definition) is 1. The molecule has 1 amide bonds. The number of nitrogens with one attached hydrogen (secondary N) is 1. The molecule has 92 valence electrons. The number of carbonyl (C=O) groups is 1. The smallest absolute Gasteiger partial charge is 0.249 e. The summed E-state index contributed by atoms with van der Waals surface area (Å²) in [6.07, 6.45) is 2.05. The van der Waals surface area contributed by atoms with Crippen molar-refractivity contribution >= 4 is 21.4 Å². The number of para-hydroxylation sites is 1. The van der Waals surface area contributed by atoms with Gasteiger partial charge in [-0.2, -0.15) is 0 Å². The van der Waals surface area contributed by atoms with Crippen LogP contribution < -0.4 is 5.32 Å². The Kier molecular flexibility index (Phi) is 4.07. The molecule has 4 nitrogen and oxygen atoms in total. The second-order valence-corrected chi connectivity index (χ2v) is 5.82. The number of hydrogen-bond acceptors (Lipinski definition) is 3. The lowest BCUT2D eigenvalue weighted by Crippen LogP contribution is -2.10. The van der Waals surface area contributed by atoms with E-state index >= 15 is 0 Å².